The van der Waals surface area contributed by atoms with E-state index in [-0.39, 0.29) is 5.97 Å². The van der Waals surface area contributed by atoms with Crippen LogP contribution < -0.4 is 0 Å². The van der Waals surface area contributed by atoms with Crippen LogP contribution in [0.15, 0.2) is 12.2 Å². The predicted molar refractivity (Wildman–Crippen MR) is 77.5 cm³/mol. The first kappa shape index (κ1) is 17.2. The van der Waals surface area contributed by atoms with Gasteiger partial charge in [0.1, 0.15) is 0 Å². The van der Waals surface area contributed by atoms with Gasteiger partial charge >= 0.3 is 5.97 Å². The van der Waals surface area contributed by atoms with Crippen LogP contribution in [0, 0.1) is 5.92 Å². The fourth-order valence-electron chi connectivity index (χ4n) is 1.89. The van der Waals surface area contributed by atoms with Crippen molar-refractivity contribution < 1.29 is 9.53 Å². The second-order valence-electron chi connectivity index (χ2n) is 5.26. The molecule has 0 fully saturated rings. The van der Waals surface area contributed by atoms with Gasteiger partial charge in [0, 0.05) is 6.42 Å². The van der Waals surface area contributed by atoms with E-state index >= 15 is 0 Å². The molecule has 2 nitrogen and oxygen atoms in total. The largest absolute Gasteiger partial charge is 0.469 e. The zero-order valence-electron chi connectivity index (χ0n) is 12.4. The number of methoxy groups -OCH3 is 1. The monoisotopic (exact) mass is 254 g/mol. The number of carbonyl (C=O) groups is 1. The Bertz CT molecular complexity index is 219. The number of hydrogen-bond acceptors (Lipinski definition) is 2. The van der Waals surface area contributed by atoms with Crippen LogP contribution in [-0.4, -0.2) is 13.1 Å². The molecule has 0 bridgehead atoms. The van der Waals surface area contributed by atoms with Gasteiger partial charge < -0.3 is 4.74 Å². The molecule has 0 aromatic carbocycles. The van der Waals surface area contributed by atoms with Crippen LogP contribution in [0.2, 0.25) is 0 Å². The van der Waals surface area contributed by atoms with E-state index in [0.29, 0.717) is 12.3 Å². The third kappa shape index (κ3) is 13.3. The number of allylic oxidation sites excluding steroid dienone is 2. The van der Waals surface area contributed by atoms with Crippen LogP contribution in [0.25, 0.3) is 0 Å². The van der Waals surface area contributed by atoms with E-state index in [2.05, 4.69) is 30.7 Å². The van der Waals surface area contributed by atoms with Crippen molar-refractivity contribution in [3.8, 4) is 0 Å². The molecule has 0 unspecified atom stereocenters. The van der Waals surface area contributed by atoms with Gasteiger partial charge in [0.2, 0.25) is 0 Å². The van der Waals surface area contributed by atoms with E-state index in [1.807, 2.05) is 0 Å². The first-order valence-electron chi connectivity index (χ1n) is 7.40. The highest BCUT2D eigenvalue weighted by atomic mass is 16.5. The summed E-state index contributed by atoms with van der Waals surface area (Å²) in [6.07, 6.45) is 15.0. The molecule has 0 rings (SSSR count). The molecule has 0 aliphatic carbocycles. The van der Waals surface area contributed by atoms with Gasteiger partial charge in [-0.25, -0.2) is 0 Å². The molecule has 0 aromatic rings. The number of hydrogen-bond donors (Lipinski definition) is 0. The van der Waals surface area contributed by atoms with Crippen molar-refractivity contribution in [3.63, 3.8) is 0 Å². The average Bonchev–Trinajstić information content (AvgIpc) is 2.35. The Morgan fingerprint density at radius 3 is 2.11 bits per heavy atom. The molecule has 0 saturated heterocycles. The lowest BCUT2D eigenvalue weighted by Crippen LogP contribution is -1.99. The molecule has 2 heteroatoms. The summed E-state index contributed by atoms with van der Waals surface area (Å²) in [4.78, 5) is 10.9. The van der Waals surface area contributed by atoms with Crippen LogP contribution in [0.1, 0.15) is 71.6 Å². The maximum Gasteiger partial charge on any atom is 0.305 e. The Labute approximate surface area is 113 Å². The normalized spacial score (nSPS) is 11.3. The van der Waals surface area contributed by atoms with Crippen LogP contribution in [-0.2, 0) is 9.53 Å². The molecule has 0 aliphatic rings. The highest BCUT2D eigenvalue weighted by molar-refractivity contribution is 5.68. The second-order valence-corrected chi connectivity index (χ2v) is 5.26. The summed E-state index contributed by atoms with van der Waals surface area (Å²) in [7, 11) is 1.45. The lowest BCUT2D eigenvalue weighted by Gasteiger charge is -2.01. The fraction of sp³-hybridized carbons (Fsp3) is 0.812. The molecular weight excluding hydrogens is 224 g/mol. The van der Waals surface area contributed by atoms with E-state index in [1.54, 1.807) is 0 Å². The smallest absolute Gasteiger partial charge is 0.305 e. The number of unbranched alkanes of at least 4 members (excludes halogenated alkanes) is 7. The standard InChI is InChI=1S/C16H30O2/c1-15(2)13-11-9-7-5-4-6-8-10-12-14-16(17)18-3/h11,13,15H,4-10,12,14H2,1-3H3/b13-11-. The minimum atomic E-state index is -0.0769. The lowest BCUT2D eigenvalue weighted by atomic mass is 10.1. The maximum absolute atomic E-state index is 10.9. The van der Waals surface area contributed by atoms with Gasteiger partial charge in [-0.1, -0.05) is 58.1 Å². The Morgan fingerprint density at radius 1 is 1.00 bits per heavy atom. The topological polar surface area (TPSA) is 26.3 Å². The number of ether oxygens (including phenoxy) is 1. The Balaban J connectivity index is 3.10. The van der Waals surface area contributed by atoms with Crippen molar-refractivity contribution in [1.29, 1.82) is 0 Å². The minimum absolute atomic E-state index is 0.0769. The quantitative estimate of drug-likeness (QED) is 0.298. The molecule has 0 saturated carbocycles. The Morgan fingerprint density at radius 2 is 1.56 bits per heavy atom. The fourth-order valence-corrected chi connectivity index (χ4v) is 1.89. The van der Waals surface area contributed by atoms with E-state index < -0.39 is 0 Å². The number of carbonyl (C=O) groups excluding carboxylic acids is 1. The zero-order chi connectivity index (χ0) is 13.6. The first-order chi connectivity index (χ1) is 8.66. The summed E-state index contributed by atoms with van der Waals surface area (Å²) in [5.41, 5.74) is 0. The van der Waals surface area contributed by atoms with E-state index in [4.69, 9.17) is 0 Å². The third-order valence-electron chi connectivity index (χ3n) is 3.00. The SMILES string of the molecule is COC(=O)CCCCCCCCC/C=C\C(C)C. The Hall–Kier alpha value is -0.790. The van der Waals surface area contributed by atoms with Gasteiger partial charge in [-0.05, 0) is 25.2 Å². The van der Waals surface area contributed by atoms with Gasteiger partial charge in [0.05, 0.1) is 7.11 Å². The highest BCUT2D eigenvalue weighted by Crippen LogP contribution is 2.10. The average molecular weight is 254 g/mol. The Kier molecular flexibility index (Phi) is 12.1. The van der Waals surface area contributed by atoms with Crippen LogP contribution in [0.3, 0.4) is 0 Å². The summed E-state index contributed by atoms with van der Waals surface area (Å²) in [6.45, 7) is 4.43. The summed E-state index contributed by atoms with van der Waals surface area (Å²) >= 11 is 0. The van der Waals surface area contributed by atoms with E-state index in [9.17, 15) is 4.79 Å². The molecule has 0 radical (unpaired) electrons. The van der Waals surface area contributed by atoms with Crippen molar-refractivity contribution in [2.45, 2.75) is 71.6 Å². The molecule has 0 N–H and O–H groups in total. The first-order valence-corrected chi connectivity index (χ1v) is 7.40. The summed E-state index contributed by atoms with van der Waals surface area (Å²) in [5.74, 6) is 0.603. The molecule has 106 valence electrons. The molecule has 0 atom stereocenters. The molecule has 0 aliphatic heterocycles. The van der Waals surface area contributed by atoms with Crippen LogP contribution in [0.4, 0.5) is 0 Å². The lowest BCUT2D eigenvalue weighted by molar-refractivity contribution is -0.140. The molecule has 0 spiro atoms. The highest BCUT2D eigenvalue weighted by Gasteiger charge is 1.98. The minimum Gasteiger partial charge on any atom is -0.469 e. The van der Waals surface area contributed by atoms with Crippen molar-refractivity contribution >= 4 is 5.97 Å². The van der Waals surface area contributed by atoms with Crippen molar-refractivity contribution in [2.75, 3.05) is 7.11 Å². The van der Waals surface area contributed by atoms with Crippen molar-refractivity contribution in [1.82, 2.24) is 0 Å². The van der Waals surface area contributed by atoms with Crippen LogP contribution in [0.5, 0.6) is 0 Å². The van der Waals surface area contributed by atoms with Crippen molar-refractivity contribution in [2.24, 2.45) is 5.92 Å². The van der Waals surface area contributed by atoms with Gasteiger partial charge in [0.15, 0.2) is 0 Å². The zero-order valence-corrected chi connectivity index (χ0v) is 12.4. The number of esters is 1. The van der Waals surface area contributed by atoms with Gasteiger partial charge in [-0.2, -0.15) is 0 Å². The van der Waals surface area contributed by atoms with Crippen LogP contribution >= 0.6 is 0 Å². The maximum atomic E-state index is 10.9. The number of rotatable bonds is 11. The molecule has 0 aromatic heterocycles. The summed E-state index contributed by atoms with van der Waals surface area (Å²) < 4.78 is 4.60. The third-order valence-corrected chi connectivity index (χ3v) is 3.00. The van der Waals surface area contributed by atoms with Gasteiger partial charge in [0.25, 0.3) is 0 Å². The predicted octanol–water partition coefficient (Wildman–Crippen LogP) is 4.88. The molecule has 0 amide bonds. The van der Waals surface area contributed by atoms with E-state index in [1.165, 1.54) is 45.6 Å². The van der Waals surface area contributed by atoms with Gasteiger partial charge in [-0.15, -0.1) is 0 Å². The molecule has 0 heterocycles. The van der Waals surface area contributed by atoms with E-state index in [0.717, 1.165) is 12.8 Å². The second kappa shape index (κ2) is 12.7. The molecule has 18 heavy (non-hydrogen) atoms. The van der Waals surface area contributed by atoms with Gasteiger partial charge in [-0.3, -0.25) is 4.79 Å². The summed E-state index contributed by atoms with van der Waals surface area (Å²) in [6, 6.07) is 0. The molecular formula is C16H30O2. The van der Waals surface area contributed by atoms with Crippen molar-refractivity contribution in [3.05, 3.63) is 12.2 Å². The summed E-state index contributed by atoms with van der Waals surface area (Å²) in [5, 5.41) is 0.